The van der Waals surface area contributed by atoms with Gasteiger partial charge in [0.15, 0.2) is 0 Å². The molecule has 172 valence electrons. The predicted molar refractivity (Wildman–Crippen MR) is 126 cm³/mol. The zero-order valence-corrected chi connectivity index (χ0v) is 18.9. The third-order valence-electron chi connectivity index (χ3n) is 6.27. The van der Waals surface area contributed by atoms with Crippen molar-refractivity contribution in [2.45, 2.75) is 12.6 Å². The van der Waals surface area contributed by atoms with Gasteiger partial charge < -0.3 is 14.4 Å². The number of anilines is 1. The molecule has 2 aromatic heterocycles. The van der Waals surface area contributed by atoms with Crippen LogP contribution in [0.15, 0.2) is 59.7 Å². The third kappa shape index (κ3) is 4.98. The van der Waals surface area contributed by atoms with Gasteiger partial charge in [0.1, 0.15) is 6.10 Å². The minimum Gasteiger partial charge on any atom is -0.379 e. The molecule has 0 spiro atoms. The smallest absolute Gasteiger partial charge is 0.255 e. The number of pyridine rings is 1. The van der Waals surface area contributed by atoms with Gasteiger partial charge in [-0.15, -0.1) is 0 Å². The van der Waals surface area contributed by atoms with Gasteiger partial charge >= 0.3 is 0 Å². The van der Waals surface area contributed by atoms with Crippen molar-refractivity contribution in [3.8, 4) is 11.3 Å². The van der Waals surface area contributed by atoms with Gasteiger partial charge in [-0.25, -0.2) is 4.98 Å². The minimum atomic E-state index is -0.0811. The van der Waals surface area contributed by atoms with E-state index in [0.29, 0.717) is 31.3 Å². The number of hydrogen-bond acceptors (Lipinski definition) is 7. The molecule has 0 N–H and O–H groups in total. The number of rotatable bonds is 5. The zero-order valence-electron chi connectivity index (χ0n) is 18.9. The largest absolute Gasteiger partial charge is 0.379 e. The van der Waals surface area contributed by atoms with Gasteiger partial charge in [0, 0.05) is 57.3 Å². The van der Waals surface area contributed by atoms with Gasteiger partial charge in [0.05, 0.1) is 32.1 Å². The summed E-state index contributed by atoms with van der Waals surface area (Å²) in [4.78, 5) is 26.2. The highest BCUT2D eigenvalue weighted by Crippen LogP contribution is 2.27. The van der Waals surface area contributed by atoms with E-state index in [9.17, 15) is 4.79 Å². The van der Waals surface area contributed by atoms with Gasteiger partial charge in [-0.2, -0.15) is 0 Å². The fourth-order valence-corrected chi connectivity index (χ4v) is 4.42. The van der Waals surface area contributed by atoms with E-state index in [1.54, 1.807) is 30.1 Å². The summed E-state index contributed by atoms with van der Waals surface area (Å²) >= 11 is 0. The van der Waals surface area contributed by atoms with Crippen molar-refractivity contribution >= 4 is 5.95 Å². The standard InChI is InChI=1S/C25H29N5O3/c1-28-24(31)16-22(20-5-7-26-8-6-20)27-25(28)30-11-14-33-23(18-30)21-4-2-3-19(15-21)17-29-9-12-32-13-10-29/h2-8,15-16,23H,9-14,17-18H2,1H3. The second kappa shape index (κ2) is 9.82. The average Bonchev–Trinajstić information content (AvgIpc) is 2.87. The van der Waals surface area contributed by atoms with Crippen LogP contribution in [0.4, 0.5) is 5.95 Å². The molecule has 5 rings (SSSR count). The van der Waals surface area contributed by atoms with Crippen LogP contribution in [0.2, 0.25) is 0 Å². The van der Waals surface area contributed by atoms with Gasteiger partial charge in [-0.1, -0.05) is 24.3 Å². The summed E-state index contributed by atoms with van der Waals surface area (Å²) in [6.07, 6.45) is 3.34. The van der Waals surface area contributed by atoms with E-state index in [0.717, 1.165) is 44.0 Å². The molecule has 2 aliphatic rings. The Balaban J connectivity index is 1.37. The van der Waals surface area contributed by atoms with Crippen molar-refractivity contribution in [2.75, 3.05) is 50.9 Å². The van der Waals surface area contributed by atoms with Crippen molar-refractivity contribution in [2.24, 2.45) is 7.05 Å². The van der Waals surface area contributed by atoms with E-state index >= 15 is 0 Å². The molecule has 1 unspecified atom stereocenters. The summed E-state index contributed by atoms with van der Waals surface area (Å²) in [5.41, 5.74) is 3.89. The Morgan fingerprint density at radius 1 is 1.03 bits per heavy atom. The van der Waals surface area contributed by atoms with Crippen LogP contribution >= 0.6 is 0 Å². The second-order valence-corrected chi connectivity index (χ2v) is 8.51. The number of hydrogen-bond donors (Lipinski definition) is 0. The molecule has 8 heteroatoms. The van der Waals surface area contributed by atoms with Crippen molar-refractivity contribution in [1.29, 1.82) is 0 Å². The van der Waals surface area contributed by atoms with Crippen LogP contribution in [0.25, 0.3) is 11.3 Å². The van der Waals surface area contributed by atoms with Crippen LogP contribution in [0.3, 0.4) is 0 Å². The van der Waals surface area contributed by atoms with Crippen LogP contribution in [0.1, 0.15) is 17.2 Å². The van der Waals surface area contributed by atoms with Crippen LogP contribution in [-0.2, 0) is 23.1 Å². The number of aromatic nitrogens is 3. The Bertz CT molecular complexity index is 1140. The lowest BCUT2D eigenvalue weighted by Crippen LogP contribution is -2.41. The molecule has 0 saturated carbocycles. The number of morpholine rings is 2. The summed E-state index contributed by atoms with van der Waals surface area (Å²) in [6.45, 7) is 6.34. The van der Waals surface area contributed by atoms with Crippen LogP contribution in [-0.4, -0.2) is 65.4 Å². The van der Waals surface area contributed by atoms with E-state index in [4.69, 9.17) is 14.5 Å². The zero-order chi connectivity index (χ0) is 22.6. The lowest BCUT2D eigenvalue weighted by atomic mass is 10.0. The lowest BCUT2D eigenvalue weighted by molar-refractivity contribution is 0.0334. The van der Waals surface area contributed by atoms with Crippen molar-refractivity contribution < 1.29 is 9.47 Å². The topological polar surface area (TPSA) is 72.7 Å². The molecule has 2 saturated heterocycles. The molecule has 0 bridgehead atoms. The average molecular weight is 448 g/mol. The minimum absolute atomic E-state index is 0.0788. The molecule has 8 nitrogen and oxygen atoms in total. The molecule has 0 amide bonds. The molecule has 2 fully saturated rings. The maximum absolute atomic E-state index is 12.7. The first kappa shape index (κ1) is 21.8. The summed E-state index contributed by atoms with van der Waals surface area (Å²) in [6, 6.07) is 13.9. The molecule has 4 heterocycles. The summed E-state index contributed by atoms with van der Waals surface area (Å²) in [5, 5.41) is 0. The molecule has 0 aliphatic carbocycles. The molecular weight excluding hydrogens is 418 g/mol. The molecular formula is C25H29N5O3. The van der Waals surface area contributed by atoms with E-state index in [-0.39, 0.29) is 11.7 Å². The maximum Gasteiger partial charge on any atom is 0.255 e. The fourth-order valence-electron chi connectivity index (χ4n) is 4.42. The van der Waals surface area contributed by atoms with Gasteiger partial charge in [-0.3, -0.25) is 19.2 Å². The predicted octanol–water partition coefficient (Wildman–Crippen LogP) is 2.25. The highest BCUT2D eigenvalue weighted by Gasteiger charge is 2.25. The Hall–Kier alpha value is -3.07. The van der Waals surface area contributed by atoms with Gasteiger partial charge in [0.25, 0.3) is 5.56 Å². The highest BCUT2D eigenvalue weighted by molar-refractivity contribution is 5.59. The van der Waals surface area contributed by atoms with Crippen LogP contribution < -0.4 is 10.5 Å². The summed E-state index contributed by atoms with van der Waals surface area (Å²) < 4.78 is 13.2. The van der Waals surface area contributed by atoms with Gasteiger partial charge in [-0.05, 0) is 23.3 Å². The van der Waals surface area contributed by atoms with Crippen molar-refractivity contribution in [1.82, 2.24) is 19.4 Å². The lowest BCUT2D eigenvalue weighted by Gasteiger charge is -2.35. The Morgan fingerprint density at radius 3 is 2.67 bits per heavy atom. The Kier molecular flexibility index (Phi) is 6.48. The number of nitrogens with zero attached hydrogens (tertiary/aromatic N) is 5. The van der Waals surface area contributed by atoms with Crippen molar-refractivity contribution in [3.05, 3.63) is 76.3 Å². The van der Waals surface area contributed by atoms with E-state index in [2.05, 4.69) is 39.0 Å². The normalized spacial score (nSPS) is 19.5. The molecule has 1 atom stereocenters. The van der Waals surface area contributed by atoms with E-state index < -0.39 is 0 Å². The maximum atomic E-state index is 12.7. The first-order valence-electron chi connectivity index (χ1n) is 11.4. The molecule has 3 aromatic rings. The number of ether oxygens (including phenoxy) is 2. The first-order chi connectivity index (χ1) is 16.2. The third-order valence-corrected chi connectivity index (χ3v) is 6.27. The first-order valence-corrected chi connectivity index (χ1v) is 11.4. The SMILES string of the molecule is Cn1c(N2CCOC(c3cccc(CN4CCOCC4)c3)C2)nc(-c2ccncc2)cc1=O. The van der Waals surface area contributed by atoms with Crippen LogP contribution in [0.5, 0.6) is 0 Å². The van der Waals surface area contributed by atoms with Crippen molar-refractivity contribution in [3.63, 3.8) is 0 Å². The van der Waals surface area contributed by atoms with E-state index in [1.807, 2.05) is 12.1 Å². The summed E-state index contributed by atoms with van der Waals surface area (Å²) in [7, 11) is 1.77. The second-order valence-electron chi connectivity index (χ2n) is 8.51. The fraction of sp³-hybridized carbons (Fsp3) is 0.400. The Morgan fingerprint density at radius 2 is 1.85 bits per heavy atom. The molecule has 33 heavy (non-hydrogen) atoms. The van der Waals surface area contributed by atoms with Crippen LogP contribution in [0, 0.1) is 0 Å². The highest BCUT2D eigenvalue weighted by atomic mass is 16.5. The number of benzene rings is 1. The quantitative estimate of drug-likeness (QED) is 0.594. The summed E-state index contributed by atoms with van der Waals surface area (Å²) in [5.74, 6) is 0.659. The van der Waals surface area contributed by atoms with E-state index in [1.165, 1.54) is 5.56 Å². The monoisotopic (exact) mass is 447 g/mol. The van der Waals surface area contributed by atoms with Gasteiger partial charge in [0.2, 0.25) is 5.95 Å². The molecule has 0 radical (unpaired) electrons. The Labute approximate surface area is 193 Å². The molecule has 1 aromatic carbocycles. The molecule has 2 aliphatic heterocycles.